The van der Waals surface area contributed by atoms with Gasteiger partial charge in [0.05, 0.1) is 48.7 Å². The minimum atomic E-state index is -2.32. The number of rotatable bonds is 13. The lowest BCUT2D eigenvalue weighted by molar-refractivity contribution is -0.258. The highest BCUT2D eigenvalue weighted by Gasteiger charge is 2.50. The molecule has 1 aliphatic heterocycles. The van der Waals surface area contributed by atoms with Crippen LogP contribution in [0.2, 0.25) is 0 Å². The number of benzene rings is 2. The van der Waals surface area contributed by atoms with Gasteiger partial charge in [0.25, 0.3) is 6.29 Å². The second kappa shape index (κ2) is 15.9. The first kappa shape index (κ1) is 39.7. The Labute approximate surface area is 303 Å². The van der Waals surface area contributed by atoms with Crippen LogP contribution in [0.3, 0.4) is 0 Å². The van der Waals surface area contributed by atoms with Gasteiger partial charge in [-0.1, -0.05) is 12.1 Å². The van der Waals surface area contributed by atoms with Crippen molar-refractivity contribution >= 4 is 29.3 Å². The molecule has 0 bridgehead atoms. The SMILES string of the molecule is COc1cccc2c1C(=O)c1c(O)c3c(c(O)c1C2=O)CC(O)(C(=O)CO)CC3OC1CC(N(C)CCOCC(OC(C)=O)OC(C)=O)C(O)C(C)O1. The molecule has 0 amide bonds. The van der Waals surface area contributed by atoms with Crippen molar-refractivity contribution in [2.45, 2.75) is 82.6 Å². The molecule has 17 nitrogen and oxygen atoms in total. The molecule has 0 radical (unpaired) electrons. The van der Waals surface area contributed by atoms with E-state index in [1.54, 1.807) is 18.9 Å². The number of aromatic hydroxyl groups is 2. The van der Waals surface area contributed by atoms with Crippen molar-refractivity contribution in [3.8, 4) is 17.2 Å². The third-order valence-electron chi connectivity index (χ3n) is 9.73. The maximum Gasteiger partial charge on any atom is 0.305 e. The van der Waals surface area contributed by atoms with Gasteiger partial charge in [-0.2, -0.15) is 0 Å². The number of phenolic OH excluding ortho intramolecular Hbond substituents is 2. The molecule has 1 saturated heterocycles. The molecule has 5 N–H and O–H groups in total. The lowest BCUT2D eigenvalue weighted by Crippen LogP contribution is -2.55. The van der Waals surface area contributed by atoms with Gasteiger partial charge >= 0.3 is 11.9 Å². The first-order valence-corrected chi connectivity index (χ1v) is 16.9. The fraction of sp³-hybridized carbons (Fsp3) is 0.528. The summed E-state index contributed by atoms with van der Waals surface area (Å²) in [6, 6.07) is 3.69. The van der Waals surface area contributed by atoms with Crippen LogP contribution in [0.25, 0.3) is 0 Å². The predicted molar refractivity (Wildman–Crippen MR) is 178 cm³/mol. The van der Waals surface area contributed by atoms with E-state index in [0.29, 0.717) is 0 Å². The summed E-state index contributed by atoms with van der Waals surface area (Å²) in [5, 5.41) is 55.7. The Bertz CT molecular complexity index is 1780. The highest BCUT2D eigenvalue weighted by molar-refractivity contribution is 6.31. The Morgan fingerprint density at radius 3 is 2.32 bits per heavy atom. The molecule has 2 aromatic carbocycles. The number of hydrogen-bond donors (Lipinski definition) is 5. The summed E-state index contributed by atoms with van der Waals surface area (Å²) in [6.45, 7) is 2.88. The number of Topliss-reactive ketones (excluding diaryl/α,β-unsaturated/α-hetero) is 1. The predicted octanol–water partition coefficient (Wildman–Crippen LogP) is 0.443. The molecule has 17 heteroatoms. The fourth-order valence-corrected chi connectivity index (χ4v) is 7.15. The molecule has 53 heavy (non-hydrogen) atoms. The highest BCUT2D eigenvalue weighted by atomic mass is 16.7. The van der Waals surface area contributed by atoms with Gasteiger partial charge in [0.15, 0.2) is 17.9 Å². The lowest BCUT2D eigenvalue weighted by atomic mass is 9.72. The first-order chi connectivity index (χ1) is 25.0. The minimum absolute atomic E-state index is 0.00338. The number of aliphatic hydroxyl groups excluding tert-OH is 2. The summed E-state index contributed by atoms with van der Waals surface area (Å²) in [7, 11) is 3.00. The number of hydrogen-bond acceptors (Lipinski definition) is 17. The van der Waals surface area contributed by atoms with Crippen LogP contribution >= 0.6 is 0 Å². The van der Waals surface area contributed by atoms with Crippen molar-refractivity contribution in [1.82, 2.24) is 4.90 Å². The van der Waals surface area contributed by atoms with Gasteiger partial charge in [0.2, 0.25) is 5.78 Å². The summed E-state index contributed by atoms with van der Waals surface area (Å²) in [4.78, 5) is 65.0. The van der Waals surface area contributed by atoms with E-state index in [1.807, 2.05) is 0 Å². The van der Waals surface area contributed by atoms with Gasteiger partial charge < -0.3 is 54.0 Å². The van der Waals surface area contributed by atoms with Crippen LogP contribution in [0.15, 0.2) is 18.2 Å². The van der Waals surface area contributed by atoms with Crippen molar-refractivity contribution in [3.63, 3.8) is 0 Å². The number of esters is 2. The van der Waals surface area contributed by atoms with Crippen molar-refractivity contribution in [2.24, 2.45) is 0 Å². The average molecular weight is 746 g/mol. The third kappa shape index (κ3) is 7.77. The number of likely N-dealkylation sites (N-methyl/N-ethyl adjacent to an activating group) is 1. The second-order valence-electron chi connectivity index (χ2n) is 13.3. The van der Waals surface area contributed by atoms with Gasteiger partial charge in [-0.05, 0) is 20.0 Å². The summed E-state index contributed by atoms with van der Waals surface area (Å²) in [5.41, 5.74) is -3.95. The summed E-state index contributed by atoms with van der Waals surface area (Å²) in [6.07, 6.45) is -6.85. The fourth-order valence-electron chi connectivity index (χ4n) is 7.15. The molecule has 2 aromatic rings. The monoisotopic (exact) mass is 745 g/mol. The standard InChI is InChI=1S/C36H43NO16/c1-16-31(42)21(37(4)9-10-49-15-26(51-17(2)39)52-18(3)40)11-25(50-16)53-23-13-36(47,24(41)14-38)12-20-28(23)35(46)30-29(33(20)44)32(43)19-7-6-8-22(48-5)27(19)34(30)45/h6-8,16,21,23,25-26,31,38,42,44,46-47H,9-15H2,1-5H3. The number of carbonyl (C=O) groups is 5. The van der Waals surface area contributed by atoms with Crippen LogP contribution in [-0.4, -0.2) is 137 Å². The quantitative estimate of drug-likeness (QED) is 0.0690. The second-order valence-corrected chi connectivity index (χ2v) is 13.3. The molecule has 3 aliphatic rings. The molecule has 1 fully saturated rings. The molecule has 0 saturated carbocycles. The van der Waals surface area contributed by atoms with Gasteiger partial charge in [0.1, 0.15) is 36.1 Å². The number of nitrogens with zero attached hydrogens (tertiary/aromatic N) is 1. The zero-order valence-corrected chi connectivity index (χ0v) is 29.8. The number of methoxy groups -OCH3 is 1. The zero-order chi connectivity index (χ0) is 38.9. The lowest BCUT2D eigenvalue weighted by Gasteiger charge is -2.44. The van der Waals surface area contributed by atoms with Crippen LogP contribution in [-0.2, 0) is 44.5 Å². The van der Waals surface area contributed by atoms with Gasteiger partial charge in [-0.15, -0.1) is 0 Å². The van der Waals surface area contributed by atoms with E-state index in [0.717, 1.165) is 13.8 Å². The van der Waals surface area contributed by atoms with Crippen molar-refractivity contribution in [1.29, 1.82) is 0 Å². The molecule has 0 aromatic heterocycles. The maximum atomic E-state index is 13.9. The van der Waals surface area contributed by atoms with Gasteiger partial charge in [0, 0.05) is 62.4 Å². The summed E-state index contributed by atoms with van der Waals surface area (Å²) in [5.74, 6) is -5.35. The molecule has 5 rings (SSSR count). The molecule has 6 atom stereocenters. The first-order valence-electron chi connectivity index (χ1n) is 16.9. The number of carbonyl (C=O) groups excluding carboxylic acids is 5. The van der Waals surface area contributed by atoms with E-state index in [2.05, 4.69) is 0 Å². The highest BCUT2D eigenvalue weighted by Crippen LogP contribution is 2.52. The summed E-state index contributed by atoms with van der Waals surface area (Å²) < 4.78 is 33.0. The minimum Gasteiger partial charge on any atom is -0.507 e. The van der Waals surface area contributed by atoms with Crippen LogP contribution < -0.4 is 4.74 Å². The van der Waals surface area contributed by atoms with Crippen molar-refractivity contribution in [3.05, 3.63) is 51.6 Å². The number of ether oxygens (including phenoxy) is 6. The van der Waals surface area contributed by atoms with E-state index in [-0.39, 0.29) is 54.2 Å². The Balaban J connectivity index is 1.43. The molecule has 1 heterocycles. The molecule has 2 aliphatic carbocycles. The largest absolute Gasteiger partial charge is 0.507 e. The molecular formula is C36H43NO16. The maximum absolute atomic E-state index is 13.9. The van der Waals surface area contributed by atoms with Crippen LogP contribution in [0.4, 0.5) is 0 Å². The normalized spacial score (nSPS) is 25.1. The van der Waals surface area contributed by atoms with E-state index in [9.17, 15) is 49.5 Å². The third-order valence-corrected chi connectivity index (χ3v) is 9.73. The Morgan fingerprint density at radius 2 is 1.70 bits per heavy atom. The molecule has 0 spiro atoms. The van der Waals surface area contributed by atoms with E-state index >= 15 is 0 Å². The molecule has 288 valence electrons. The smallest absolute Gasteiger partial charge is 0.305 e. The van der Waals surface area contributed by atoms with E-state index < -0.39 is 114 Å². The van der Waals surface area contributed by atoms with E-state index in [4.69, 9.17) is 28.4 Å². The number of ketones is 3. The Kier molecular flexibility index (Phi) is 11.9. The average Bonchev–Trinajstić information content (AvgIpc) is 3.10. The van der Waals surface area contributed by atoms with Gasteiger partial charge in [-0.3, -0.25) is 28.9 Å². The van der Waals surface area contributed by atoms with Crippen LogP contribution in [0.5, 0.6) is 17.2 Å². The molecular weight excluding hydrogens is 702 g/mol. The number of fused-ring (bicyclic) bond motifs is 3. The Morgan fingerprint density at radius 1 is 1.04 bits per heavy atom. The van der Waals surface area contributed by atoms with E-state index in [1.165, 1.54) is 25.3 Å². The molecule has 6 unspecified atom stereocenters. The topological polar surface area (TPSA) is 245 Å². The number of aliphatic hydroxyl groups is 3. The van der Waals surface area contributed by atoms with Crippen LogP contribution in [0, 0.1) is 0 Å². The summed E-state index contributed by atoms with van der Waals surface area (Å²) >= 11 is 0. The number of phenols is 2. The van der Waals surface area contributed by atoms with Crippen molar-refractivity contribution in [2.75, 3.05) is 40.5 Å². The van der Waals surface area contributed by atoms with Crippen LogP contribution in [0.1, 0.15) is 82.7 Å². The van der Waals surface area contributed by atoms with Gasteiger partial charge in [-0.25, -0.2) is 0 Å². The Hall–Kier alpha value is -4.49. The zero-order valence-electron chi connectivity index (χ0n) is 29.8. The van der Waals surface area contributed by atoms with Crippen molar-refractivity contribution < 1.29 is 77.9 Å².